The standard InChI is InChI=1S/C20H21N3O2/c1-14-11-18(13-19(24)12-14)21-16-7-9-17(10-8-16)23-20(25)22-15-5-3-2-4-6-15/h2-10,13-14,21H,11-12H2,1H3,(H2,22,23,25)/t14-/m1/s1. The molecular formula is C20H21N3O2. The third kappa shape index (κ3) is 4.94. The summed E-state index contributed by atoms with van der Waals surface area (Å²) in [5.41, 5.74) is 3.26. The van der Waals surface area contributed by atoms with Crippen LogP contribution in [0.2, 0.25) is 0 Å². The van der Waals surface area contributed by atoms with Crippen LogP contribution in [0.5, 0.6) is 0 Å². The Hall–Kier alpha value is -3.08. The number of nitrogens with one attached hydrogen (secondary N) is 3. The van der Waals surface area contributed by atoms with Crippen LogP contribution in [0.4, 0.5) is 21.9 Å². The molecule has 0 spiro atoms. The molecule has 5 nitrogen and oxygen atoms in total. The van der Waals surface area contributed by atoms with E-state index in [2.05, 4.69) is 22.9 Å². The largest absolute Gasteiger partial charge is 0.359 e. The number of amides is 2. The van der Waals surface area contributed by atoms with Crippen LogP contribution in [0.1, 0.15) is 19.8 Å². The molecule has 1 aliphatic carbocycles. The molecule has 0 fully saturated rings. The molecule has 0 radical (unpaired) electrons. The molecule has 0 bridgehead atoms. The van der Waals surface area contributed by atoms with Gasteiger partial charge in [0.2, 0.25) is 0 Å². The number of carbonyl (C=O) groups is 2. The summed E-state index contributed by atoms with van der Waals surface area (Å²) in [4.78, 5) is 23.6. The van der Waals surface area contributed by atoms with Gasteiger partial charge in [0.25, 0.3) is 0 Å². The number of ketones is 1. The number of rotatable bonds is 4. The van der Waals surface area contributed by atoms with E-state index in [0.717, 1.165) is 23.5 Å². The zero-order chi connectivity index (χ0) is 17.6. The molecule has 0 saturated heterocycles. The molecule has 0 heterocycles. The first-order valence-corrected chi connectivity index (χ1v) is 8.32. The molecule has 2 amide bonds. The molecule has 128 valence electrons. The number of benzene rings is 2. The van der Waals surface area contributed by atoms with E-state index in [1.807, 2.05) is 54.6 Å². The summed E-state index contributed by atoms with van der Waals surface area (Å²) in [5, 5.41) is 8.83. The van der Waals surface area contributed by atoms with Crippen LogP contribution >= 0.6 is 0 Å². The lowest BCUT2D eigenvalue weighted by atomic mass is 9.93. The molecule has 25 heavy (non-hydrogen) atoms. The second-order valence-electron chi connectivity index (χ2n) is 6.30. The van der Waals surface area contributed by atoms with E-state index in [4.69, 9.17) is 0 Å². The lowest BCUT2D eigenvalue weighted by Gasteiger charge is -2.19. The Balaban J connectivity index is 1.57. The third-order valence-electron chi connectivity index (χ3n) is 3.93. The van der Waals surface area contributed by atoms with Crippen LogP contribution < -0.4 is 16.0 Å². The van der Waals surface area contributed by atoms with E-state index in [-0.39, 0.29) is 11.8 Å². The Labute approximate surface area is 147 Å². The summed E-state index contributed by atoms with van der Waals surface area (Å²) in [5.74, 6) is 0.528. The summed E-state index contributed by atoms with van der Waals surface area (Å²) in [6.45, 7) is 2.07. The van der Waals surface area contributed by atoms with Crippen molar-refractivity contribution in [2.75, 3.05) is 16.0 Å². The van der Waals surface area contributed by atoms with Gasteiger partial charge in [0.15, 0.2) is 5.78 Å². The quantitative estimate of drug-likeness (QED) is 0.763. The molecule has 3 N–H and O–H groups in total. The highest BCUT2D eigenvalue weighted by molar-refractivity contribution is 5.99. The van der Waals surface area contributed by atoms with E-state index >= 15 is 0 Å². The number of carbonyl (C=O) groups excluding carboxylic acids is 2. The second kappa shape index (κ2) is 7.66. The number of hydrogen-bond acceptors (Lipinski definition) is 3. The summed E-state index contributed by atoms with van der Waals surface area (Å²) in [7, 11) is 0. The smallest absolute Gasteiger partial charge is 0.323 e. The fourth-order valence-electron chi connectivity index (χ4n) is 2.83. The first-order valence-electron chi connectivity index (χ1n) is 8.32. The lowest BCUT2D eigenvalue weighted by molar-refractivity contribution is -0.115. The van der Waals surface area contributed by atoms with Gasteiger partial charge in [-0.1, -0.05) is 25.1 Å². The van der Waals surface area contributed by atoms with Gasteiger partial charge in [-0.25, -0.2) is 4.79 Å². The molecule has 2 aromatic carbocycles. The second-order valence-corrected chi connectivity index (χ2v) is 6.30. The Morgan fingerprint density at radius 3 is 2.12 bits per heavy atom. The van der Waals surface area contributed by atoms with Crippen molar-refractivity contribution < 1.29 is 9.59 Å². The van der Waals surface area contributed by atoms with Gasteiger partial charge in [-0.2, -0.15) is 0 Å². The minimum Gasteiger partial charge on any atom is -0.359 e. The zero-order valence-electron chi connectivity index (χ0n) is 14.1. The van der Waals surface area contributed by atoms with Crippen LogP contribution in [-0.2, 0) is 4.79 Å². The highest BCUT2D eigenvalue weighted by Gasteiger charge is 2.16. The first-order chi connectivity index (χ1) is 12.1. The minimum absolute atomic E-state index is 0.164. The molecule has 0 aliphatic heterocycles. The summed E-state index contributed by atoms with van der Waals surface area (Å²) >= 11 is 0. The van der Waals surface area contributed by atoms with Crippen LogP contribution in [0.25, 0.3) is 0 Å². The number of para-hydroxylation sites is 1. The van der Waals surface area contributed by atoms with E-state index in [1.54, 1.807) is 6.08 Å². The highest BCUT2D eigenvalue weighted by Crippen LogP contribution is 2.24. The Morgan fingerprint density at radius 1 is 0.880 bits per heavy atom. The van der Waals surface area contributed by atoms with Gasteiger partial charge >= 0.3 is 6.03 Å². The minimum atomic E-state index is -0.290. The Morgan fingerprint density at radius 2 is 1.48 bits per heavy atom. The summed E-state index contributed by atoms with van der Waals surface area (Å²) < 4.78 is 0. The fourth-order valence-corrected chi connectivity index (χ4v) is 2.83. The van der Waals surface area contributed by atoms with Crippen molar-refractivity contribution in [3.8, 4) is 0 Å². The van der Waals surface area contributed by atoms with Crippen LogP contribution in [0, 0.1) is 5.92 Å². The fraction of sp³-hybridized carbons (Fsp3) is 0.200. The summed E-state index contributed by atoms with van der Waals surface area (Å²) in [6, 6.07) is 16.4. The van der Waals surface area contributed by atoms with E-state index < -0.39 is 0 Å². The number of urea groups is 1. The highest BCUT2D eigenvalue weighted by atomic mass is 16.2. The van der Waals surface area contributed by atoms with E-state index in [1.165, 1.54) is 0 Å². The third-order valence-corrected chi connectivity index (χ3v) is 3.93. The maximum Gasteiger partial charge on any atom is 0.323 e. The molecule has 0 unspecified atom stereocenters. The lowest BCUT2D eigenvalue weighted by Crippen LogP contribution is -2.19. The van der Waals surface area contributed by atoms with Gasteiger partial charge in [0.05, 0.1) is 0 Å². The van der Waals surface area contributed by atoms with Gasteiger partial charge in [-0.3, -0.25) is 4.79 Å². The van der Waals surface area contributed by atoms with Crippen molar-refractivity contribution in [1.82, 2.24) is 0 Å². The monoisotopic (exact) mass is 335 g/mol. The maximum absolute atomic E-state index is 12.0. The van der Waals surface area contributed by atoms with Gasteiger partial charge < -0.3 is 16.0 Å². The van der Waals surface area contributed by atoms with E-state index in [9.17, 15) is 9.59 Å². The average Bonchev–Trinajstić information content (AvgIpc) is 2.56. The Kier molecular flexibility index (Phi) is 5.14. The van der Waals surface area contributed by atoms with Crippen LogP contribution in [0.3, 0.4) is 0 Å². The zero-order valence-corrected chi connectivity index (χ0v) is 14.1. The van der Waals surface area contributed by atoms with Crippen molar-refractivity contribution in [3.63, 3.8) is 0 Å². The summed E-state index contributed by atoms with van der Waals surface area (Å²) in [6.07, 6.45) is 3.16. The SMILES string of the molecule is C[C@H]1CC(=O)C=C(Nc2ccc(NC(=O)Nc3ccccc3)cc2)C1. The van der Waals surface area contributed by atoms with Crippen LogP contribution in [0.15, 0.2) is 66.4 Å². The molecular weight excluding hydrogens is 314 g/mol. The van der Waals surface area contributed by atoms with Crippen molar-refractivity contribution in [2.45, 2.75) is 19.8 Å². The van der Waals surface area contributed by atoms with Gasteiger partial charge in [0, 0.05) is 35.3 Å². The number of allylic oxidation sites excluding steroid dienone is 2. The predicted octanol–water partition coefficient (Wildman–Crippen LogP) is 4.63. The topological polar surface area (TPSA) is 70.2 Å². The first kappa shape index (κ1) is 16.8. The van der Waals surface area contributed by atoms with Crippen LogP contribution in [-0.4, -0.2) is 11.8 Å². The van der Waals surface area contributed by atoms with E-state index in [0.29, 0.717) is 18.0 Å². The Bertz CT molecular complexity index is 782. The van der Waals surface area contributed by atoms with Crippen molar-refractivity contribution in [3.05, 3.63) is 66.4 Å². The number of hydrogen-bond donors (Lipinski definition) is 3. The van der Waals surface area contributed by atoms with Crippen molar-refractivity contribution >= 4 is 28.9 Å². The average molecular weight is 335 g/mol. The van der Waals surface area contributed by atoms with Gasteiger partial charge in [-0.15, -0.1) is 0 Å². The molecule has 0 saturated carbocycles. The molecule has 1 atom stereocenters. The normalized spacial score (nSPS) is 16.8. The molecule has 0 aromatic heterocycles. The predicted molar refractivity (Wildman–Crippen MR) is 101 cm³/mol. The molecule has 3 rings (SSSR count). The van der Waals surface area contributed by atoms with Gasteiger partial charge in [0.1, 0.15) is 0 Å². The number of anilines is 3. The van der Waals surface area contributed by atoms with Crippen molar-refractivity contribution in [1.29, 1.82) is 0 Å². The molecule has 5 heteroatoms. The molecule has 1 aliphatic rings. The van der Waals surface area contributed by atoms with Gasteiger partial charge in [-0.05, 0) is 48.7 Å². The molecule has 2 aromatic rings. The van der Waals surface area contributed by atoms with Crippen molar-refractivity contribution in [2.24, 2.45) is 5.92 Å². The maximum atomic E-state index is 12.0.